The molecule has 0 saturated heterocycles. The van der Waals surface area contributed by atoms with Crippen molar-refractivity contribution in [2.75, 3.05) is 11.9 Å². The molecule has 108 valence electrons. The maximum Gasteiger partial charge on any atom is 0.315 e. The van der Waals surface area contributed by atoms with E-state index in [1.807, 2.05) is 6.07 Å². The van der Waals surface area contributed by atoms with Gasteiger partial charge in [0.25, 0.3) is 0 Å². The standard InChI is InChI=1S/C15H22N4O/c1-11(2)8-16-10-14-18-19-15(20-14)17-9-13-6-4-5-12(3)7-13/h4-7,11,16H,8-10H2,1-3H3,(H,17,19). The van der Waals surface area contributed by atoms with Crippen LogP contribution in [-0.4, -0.2) is 16.7 Å². The zero-order chi connectivity index (χ0) is 14.4. The molecule has 0 spiro atoms. The molecule has 1 aromatic carbocycles. The first-order chi connectivity index (χ1) is 9.63. The topological polar surface area (TPSA) is 63.0 Å². The van der Waals surface area contributed by atoms with Gasteiger partial charge < -0.3 is 15.1 Å². The Labute approximate surface area is 119 Å². The van der Waals surface area contributed by atoms with Gasteiger partial charge in [-0.1, -0.05) is 48.8 Å². The first-order valence-corrected chi connectivity index (χ1v) is 6.96. The van der Waals surface area contributed by atoms with Crippen molar-refractivity contribution in [1.29, 1.82) is 0 Å². The summed E-state index contributed by atoms with van der Waals surface area (Å²) in [6.07, 6.45) is 0. The second kappa shape index (κ2) is 7.05. The molecule has 0 aliphatic carbocycles. The summed E-state index contributed by atoms with van der Waals surface area (Å²) >= 11 is 0. The van der Waals surface area contributed by atoms with Gasteiger partial charge in [0.05, 0.1) is 6.54 Å². The van der Waals surface area contributed by atoms with E-state index in [-0.39, 0.29) is 0 Å². The molecule has 0 aliphatic rings. The van der Waals surface area contributed by atoms with E-state index in [1.165, 1.54) is 11.1 Å². The van der Waals surface area contributed by atoms with Crippen molar-refractivity contribution in [3.05, 3.63) is 41.3 Å². The summed E-state index contributed by atoms with van der Waals surface area (Å²) in [6, 6.07) is 8.79. The summed E-state index contributed by atoms with van der Waals surface area (Å²) in [5.74, 6) is 1.22. The number of nitrogens with one attached hydrogen (secondary N) is 2. The Balaban J connectivity index is 1.80. The summed E-state index contributed by atoms with van der Waals surface area (Å²) in [7, 11) is 0. The number of hydrogen-bond acceptors (Lipinski definition) is 5. The quantitative estimate of drug-likeness (QED) is 0.813. The Morgan fingerprint density at radius 2 is 2.05 bits per heavy atom. The maximum absolute atomic E-state index is 5.52. The Morgan fingerprint density at radius 3 is 2.80 bits per heavy atom. The van der Waals surface area contributed by atoms with Crippen LogP contribution in [0.15, 0.2) is 28.7 Å². The van der Waals surface area contributed by atoms with E-state index in [0.717, 1.165) is 6.54 Å². The Morgan fingerprint density at radius 1 is 1.20 bits per heavy atom. The van der Waals surface area contributed by atoms with Crippen molar-refractivity contribution in [2.24, 2.45) is 5.92 Å². The summed E-state index contributed by atoms with van der Waals surface area (Å²) in [5.41, 5.74) is 2.44. The van der Waals surface area contributed by atoms with Crippen molar-refractivity contribution in [2.45, 2.75) is 33.9 Å². The van der Waals surface area contributed by atoms with Crippen molar-refractivity contribution < 1.29 is 4.42 Å². The highest BCUT2D eigenvalue weighted by Crippen LogP contribution is 2.09. The fourth-order valence-corrected chi connectivity index (χ4v) is 1.86. The maximum atomic E-state index is 5.52. The van der Waals surface area contributed by atoms with E-state index in [4.69, 9.17) is 4.42 Å². The van der Waals surface area contributed by atoms with Crippen molar-refractivity contribution in [3.63, 3.8) is 0 Å². The minimum atomic E-state index is 0.466. The number of rotatable bonds is 7. The molecule has 0 bridgehead atoms. The molecule has 5 nitrogen and oxygen atoms in total. The molecule has 2 N–H and O–H groups in total. The smallest absolute Gasteiger partial charge is 0.315 e. The SMILES string of the molecule is Cc1cccc(CNc2nnc(CNCC(C)C)o2)c1. The van der Waals surface area contributed by atoms with E-state index in [9.17, 15) is 0 Å². The minimum Gasteiger partial charge on any atom is -0.407 e. The van der Waals surface area contributed by atoms with Crippen LogP contribution in [0, 0.1) is 12.8 Å². The van der Waals surface area contributed by atoms with E-state index in [1.54, 1.807) is 0 Å². The van der Waals surface area contributed by atoms with Crippen LogP contribution in [0.5, 0.6) is 0 Å². The Hall–Kier alpha value is -1.88. The van der Waals surface area contributed by atoms with Crippen LogP contribution in [0.3, 0.4) is 0 Å². The van der Waals surface area contributed by atoms with Crippen molar-refractivity contribution in [1.82, 2.24) is 15.5 Å². The lowest BCUT2D eigenvalue weighted by Crippen LogP contribution is -2.19. The lowest BCUT2D eigenvalue weighted by molar-refractivity contribution is 0.458. The van der Waals surface area contributed by atoms with Gasteiger partial charge in [0.1, 0.15) is 0 Å². The largest absolute Gasteiger partial charge is 0.407 e. The molecular weight excluding hydrogens is 252 g/mol. The Bertz CT molecular complexity index is 536. The van der Waals surface area contributed by atoms with E-state index in [2.05, 4.69) is 59.8 Å². The van der Waals surface area contributed by atoms with Gasteiger partial charge in [-0.3, -0.25) is 0 Å². The molecule has 0 radical (unpaired) electrons. The van der Waals surface area contributed by atoms with Crippen LogP contribution in [0.2, 0.25) is 0 Å². The predicted molar refractivity (Wildman–Crippen MR) is 79.3 cm³/mol. The van der Waals surface area contributed by atoms with Crippen LogP contribution in [0.4, 0.5) is 6.01 Å². The molecule has 0 unspecified atom stereocenters. The van der Waals surface area contributed by atoms with Gasteiger partial charge in [-0.15, -0.1) is 5.10 Å². The lowest BCUT2D eigenvalue weighted by atomic mass is 10.1. The summed E-state index contributed by atoms with van der Waals surface area (Å²) in [4.78, 5) is 0. The highest BCUT2D eigenvalue weighted by molar-refractivity contribution is 5.26. The van der Waals surface area contributed by atoms with Gasteiger partial charge in [0.15, 0.2) is 0 Å². The number of aryl methyl sites for hydroxylation is 1. The van der Waals surface area contributed by atoms with E-state index < -0.39 is 0 Å². The van der Waals surface area contributed by atoms with Gasteiger partial charge in [-0.05, 0) is 24.9 Å². The molecule has 0 amide bonds. The fourth-order valence-electron chi connectivity index (χ4n) is 1.86. The molecule has 0 fully saturated rings. The van der Waals surface area contributed by atoms with Crippen LogP contribution >= 0.6 is 0 Å². The zero-order valence-corrected chi connectivity index (χ0v) is 12.3. The van der Waals surface area contributed by atoms with Crippen molar-refractivity contribution in [3.8, 4) is 0 Å². The molecule has 5 heteroatoms. The summed E-state index contributed by atoms with van der Waals surface area (Å²) in [5, 5.41) is 14.4. The highest BCUT2D eigenvalue weighted by atomic mass is 16.4. The third-order valence-corrected chi connectivity index (χ3v) is 2.82. The van der Waals surface area contributed by atoms with E-state index >= 15 is 0 Å². The molecular formula is C15H22N4O. The number of hydrogen-bond donors (Lipinski definition) is 2. The second-order valence-corrected chi connectivity index (χ2v) is 5.37. The van der Waals surface area contributed by atoms with Crippen LogP contribution < -0.4 is 10.6 Å². The highest BCUT2D eigenvalue weighted by Gasteiger charge is 2.05. The molecule has 0 saturated carbocycles. The van der Waals surface area contributed by atoms with Gasteiger partial charge in [0, 0.05) is 6.54 Å². The molecule has 2 aromatic rings. The van der Waals surface area contributed by atoms with Crippen LogP contribution in [0.25, 0.3) is 0 Å². The van der Waals surface area contributed by atoms with Gasteiger partial charge in [0.2, 0.25) is 5.89 Å². The first kappa shape index (κ1) is 14.5. The second-order valence-electron chi connectivity index (χ2n) is 5.37. The molecule has 2 rings (SSSR count). The number of aromatic nitrogens is 2. The molecule has 20 heavy (non-hydrogen) atoms. The van der Waals surface area contributed by atoms with E-state index in [0.29, 0.717) is 30.9 Å². The average molecular weight is 274 g/mol. The molecule has 0 aliphatic heterocycles. The normalized spacial score (nSPS) is 11.0. The average Bonchev–Trinajstić information content (AvgIpc) is 2.84. The molecule has 0 atom stereocenters. The van der Waals surface area contributed by atoms with Crippen molar-refractivity contribution >= 4 is 6.01 Å². The lowest BCUT2D eigenvalue weighted by Gasteiger charge is -2.04. The van der Waals surface area contributed by atoms with Gasteiger partial charge >= 0.3 is 6.01 Å². The number of nitrogens with zero attached hydrogens (tertiary/aromatic N) is 2. The molecule has 1 aromatic heterocycles. The summed E-state index contributed by atoms with van der Waals surface area (Å²) < 4.78 is 5.52. The first-order valence-electron chi connectivity index (χ1n) is 6.96. The monoisotopic (exact) mass is 274 g/mol. The number of anilines is 1. The van der Waals surface area contributed by atoms with Crippen LogP contribution in [-0.2, 0) is 13.1 Å². The minimum absolute atomic E-state index is 0.466. The van der Waals surface area contributed by atoms with Gasteiger partial charge in [-0.25, -0.2) is 0 Å². The third-order valence-electron chi connectivity index (χ3n) is 2.82. The summed E-state index contributed by atoms with van der Waals surface area (Å²) in [6.45, 7) is 8.63. The number of benzene rings is 1. The zero-order valence-electron chi connectivity index (χ0n) is 12.3. The third kappa shape index (κ3) is 4.66. The fraction of sp³-hybridized carbons (Fsp3) is 0.467. The van der Waals surface area contributed by atoms with Crippen LogP contribution in [0.1, 0.15) is 30.9 Å². The molecule has 1 heterocycles. The Kier molecular flexibility index (Phi) is 5.12. The predicted octanol–water partition coefficient (Wildman–Crippen LogP) is 2.74. The van der Waals surface area contributed by atoms with Gasteiger partial charge in [-0.2, -0.15) is 0 Å².